The van der Waals surface area contributed by atoms with Crippen molar-refractivity contribution in [2.75, 3.05) is 0 Å². The van der Waals surface area contributed by atoms with Gasteiger partial charge in [0.1, 0.15) is 6.07 Å². The molecule has 0 amide bonds. The molecule has 2 aromatic carbocycles. The number of aromatic amines is 2. The van der Waals surface area contributed by atoms with E-state index in [2.05, 4.69) is 107 Å². The summed E-state index contributed by atoms with van der Waals surface area (Å²) >= 11 is 0. The highest BCUT2D eigenvalue weighted by atomic mass is 14.8. The van der Waals surface area contributed by atoms with Crippen molar-refractivity contribution < 1.29 is 0 Å². The average Bonchev–Trinajstić information content (AvgIpc) is 3.67. The summed E-state index contributed by atoms with van der Waals surface area (Å²) in [5.74, 6) is 0. The van der Waals surface area contributed by atoms with Crippen molar-refractivity contribution in [1.29, 1.82) is 5.26 Å². The summed E-state index contributed by atoms with van der Waals surface area (Å²) in [6, 6.07) is 21.2. The number of aromatic nitrogens is 4. The van der Waals surface area contributed by atoms with Crippen LogP contribution in [0.3, 0.4) is 0 Å². The van der Waals surface area contributed by atoms with Crippen molar-refractivity contribution in [3.63, 3.8) is 0 Å². The number of benzene rings is 2. The third-order valence-corrected chi connectivity index (χ3v) is 9.44. The van der Waals surface area contributed by atoms with Crippen LogP contribution in [0.5, 0.6) is 0 Å². The number of aryl methyl sites for hydroxylation is 4. The summed E-state index contributed by atoms with van der Waals surface area (Å²) in [6.45, 7) is 15.0. The lowest BCUT2D eigenvalue weighted by molar-refractivity contribution is 1.29. The summed E-state index contributed by atoms with van der Waals surface area (Å²) < 4.78 is 0. The number of nitriles is 1. The van der Waals surface area contributed by atoms with Crippen LogP contribution in [0.25, 0.3) is 66.8 Å². The Labute approximate surface area is 251 Å². The molecule has 5 aromatic rings. The monoisotopic (exact) mass is 559 g/mol. The quantitative estimate of drug-likeness (QED) is 0.214. The molecule has 2 N–H and O–H groups in total. The molecule has 0 atom stereocenters. The molecule has 5 heteroatoms. The van der Waals surface area contributed by atoms with Crippen LogP contribution in [0.1, 0.15) is 71.4 Å². The molecule has 5 heterocycles. The Balaban J connectivity index is 1.72. The Kier molecular flexibility index (Phi) is 6.00. The highest BCUT2D eigenvalue weighted by molar-refractivity contribution is 6.03. The van der Waals surface area contributed by atoms with Gasteiger partial charge in [-0.25, -0.2) is 9.97 Å². The van der Waals surface area contributed by atoms with E-state index in [1.54, 1.807) is 0 Å². The summed E-state index contributed by atoms with van der Waals surface area (Å²) in [5.41, 5.74) is 18.3. The van der Waals surface area contributed by atoms with Crippen LogP contribution >= 0.6 is 0 Å². The number of nitrogens with zero attached hydrogens (tertiary/aromatic N) is 3. The fraction of sp³-hybridized carbons (Fsp3) is 0.184. The summed E-state index contributed by atoms with van der Waals surface area (Å²) in [5, 5.41) is 12.5. The maximum Gasteiger partial charge on any atom is 0.100 e. The number of allylic oxidation sites excluding steroid dienone is 3. The Morgan fingerprint density at radius 3 is 2.00 bits per heavy atom. The third-order valence-electron chi connectivity index (χ3n) is 9.44. The van der Waals surface area contributed by atoms with Crippen LogP contribution in [0.2, 0.25) is 0 Å². The molecule has 43 heavy (non-hydrogen) atoms. The number of nitrogens with one attached hydrogen (secondary N) is 2. The fourth-order valence-electron chi connectivity index (χ4n) is 6.36. The maximum absolute atomic E-state index is 10.5. The second-order valence-corrected chi connectivity index (χ2v) is 11.8. The molecule has 0 fully saturated rings. The Morgan fingerprint density at radius 1 is 0.674 bits per heavy atom. The van der Waals surface area contributed by atoms with Gasteiger partial charge < -0.3 is 9.97 Å². The lowest BCUT2D eigenvalue weighted by Gasteiger charge is -2.11. The molecule has 0 spiro atoms. The van der Waals surface area contributed by atoms with E-state index in [0.29, 0.717) is 5.56 Å². The molecule has 3 aromatic heterocycles. The summed E-state index contributed by atoms with van der Waals surface area (Å²) in [4.78, 5) is 17.7. The van der Waals surface area contributed by atoms with Gasteiger partial charge in [0.05, 0.1) is 33.9 Å². The van der Waals surface area contributed by atoms with E-state index in [4.69, 9.17) is 9.97 Å². The lowest BCUT2D eigenvalue weighted by Crippen LogP contribution is -1.93. The number of fused-ring (bicyclic) bond motifs is 9. The van der Waals surface area contributed by atoms with Gasteiger partial charge in [0.15, 0.2) is 0 Å². The first kappa shape index (κ1) is 26.7. The number of H-pyrrole nitrogens is 2. The van der Waals surface area contributed by atoms with Gasteiger partial charge in [-0.1, -0.05) is 36.4 Å². The van der Waals surface area contributed by atoms with Crippen LogP contribution in [0.4, 0.5) is 0 Å². The second-order valence-electron chi connectivity index (χ2n) is 11.8. The predicted molar refractivity (Wildman–Crippen MR) is 179 cm³/mol. The Morgan fingerprint density at radius 2 is 1.30 bits per heavy atom. The topological polar surface area (TPSA) is 81.1 Å². The van der Waals surface area contributed by atoms with Crippen molar-refractivity contribution in [1.82, 2.24) is 19.9 Å². The minimum absolute atomic E-state index is 0.650. The molecular formula is C38H33N5. The largest absolute Gasteiger partial charge is 0.355 e. The van der Waals surface area contributed by atoms with Gasteiger partial charge in [-0.15, -0.1) is 0 Å². The second kappa shape index (κ2) is 9.68. The zero-order valence-corrected chi connectivity index (χ0v) is 25.6. The molecule has 2 aliphatic rings. The predicted octanol–water partition coefficient (Wildman–Crippen LogP) is 9.75. The van der Waals surface area contributed by atoms with Gasteiger partial charge >= 0.3 is 0 Å². The summed E-state index contributed by atoms with van der Waals surface area (Å²) in [6.07, 6.45) is 2.13. The Hall–Kier alpha value is -5.21. The molecule has 210 valence electrons. The van der Waals surface area contributed by atoms with Gasteiger partial charge in [-0.2, -0.15) is 5.26 Å². The molecule has 5 nitrogen and oxygen atoms in total. The van der Waals surface area contributed by atoms with Crippen molar-refractivity contribution in [2.45, 2.75) is 48.5 Å². The molecule has 2 aliphatic heterocycles. The van der Waals surface area contributed by atoms with E-state index in [1.807, 2.05) is 18.2 Å². The molecule has 0 saturated heterocycles. The van der Waals surface area contributed by atoms with Crippen LogP contribution in [-0.4, -0.2) is 19.9 Å². The Bertz CT molecular complexity index is 2320. The van der Waals surface area contributed by atoms with Crippen LogP contribution in [0, 0.1) is 39.0 Å². The van der Waals surface area contributed by atoms with Gasteiger partial charge in [0.2, 0.25) is 0 Å². The van der Waals surface area contributed by atoms with Gasteiger partial charge in [-0.3, -0.25) is 0 Å². The summed E-state index contributed by atoms with van der Waals surface area (Å²) in [7, 11) is 0. The zero-order chi connectivity index (χ0) is 30.2. The fourth-order valence-corrected chi connectivity index (χ4v) is 6.36. The van der Waals surface area contributed by atoms with E-state index in [0.717, 1.165) is 83.4 Å². The van der Waals surface area contributed by atoms with Gasteiger partial charge in [0, 0.05) is 33.1 Å². The van der Waals surface area contributed by atoms with Crippen molar-refractivity contribution in [3.8, 4) is 17.2 Å². The van der Waals surface area contributed by atoms with E-state index in [9.17, 15) is 5.26 Å². The molecule has 7 rings (SSSR count). The molecular weight excluding hydrogens is 526 g/mol. The van der Waals surface area contributed by atoms with Crippen LogP contribution in [-0.2, 0) is 0 Å². The van der Waals surface area contributed by atoms with E-state index in [-0.39, 0.29) is 0 Å². The van der Waals surface area contributed by atoms with Gasteiger partial charge in [0.25, 0.3) is 0 Å². The SMILES string of the molecule is CC1=Cc2cc3[nH]c(cc4nc(cc5[nH]c(c(C)c5C)c(-c5ccc6ccccc6c5C#N)c1n2)C(C)=C4C)c(C)c3C. The molecule has 0 unspecified atom stereocenters. The highest BCUT2D eigenvalue weighted by Gasteiger charge is 2.22. The van der Waals surface area contributed by atoms with Crippen molar-refractivity contribution >= 4 is 55.6 Å². The average molecular weight is 560 g/mol. The lowest BCUT2D eigenvalue weighted by atomic mass is 9.91. The normalized spacial score (nSPS) is 13.0. The minimum atomic E-state index is 0.650. The number of hydrogen-bond donors (Lipinski definition) is 2. The number of rotatable bonds is 1. The van der Waals surface area contributed by atoms with Crippen LogP contribution in [0.15, 0.2) is 54.6 Å². The minimum Gasteiger partial charge on any atom is -0.355 e. The van der Waals surface area contributed by atoms with E-state index in [1.165, 1.54) is 22.3 Å². The third kappa shape index (κ3) is 4.06. The zero-order valence-electron chi connectivity index (χ0n) is 25.6. The molecule has 0 aliphatic carbocycles. The standard InChI is InChI=1S/C38H33N5/c1-19-14-27-15-31-20(2)21(3)32(41-31)16-33-22(4)23(5)34(42-33)17-35-24(6)25(7)38(43-35)36(37(19)40-27)29-13-12-26-10-8-9-11-28(26)30(29)18-39/h8-17,41,43H,1-7H3. The van der Waals surface area contributed by atoms with Crippen molar-refractivity contribution in [3.05, 3.63) is 105 Å². The van der Waals surface area contributed by atoms with Crippen LogP contribution < -0.4 is 0 Å². The molecule has 0 saturated carbocycles. The maximum atomic E-state index is 10.5. The smallest absolute Gasteiger partial charge is 0.100 e. The molecule has 0 radical (unpaired) electrons. The first-order valence-corrected chi connectivity index (χ1v) is 14.7. The van der Waals surface area contributed by atoms with Gasteiger partial charge in [-0.05, 0) is 117 Å². The molecule has 8 bridgehead atoms. The van der Waals surface area contributed by atoms with Crippen molar-refractivity contribution in [2.24, 2.45) is 0 Å². The van der Waals surface area contributed by atoms with E-state index < -0.39 is 0 Å². The first-order chi connectivity index (χ1) is 20.7. The highest BCUT2D eigenvalue weighted by Crippen LogP contribution is 2.40. The first-order valence-electron chi connectivity index (χ1n) is 14.7. The van der Waals surface area contributed by atoms with E-state index >= 15 is 0 Å². The number of hydrogen-bond acceptors (Lipinski definition) is 3.